The van der Waals surface area contributed by atoms with Crippen molar-refractivity contribution in [1.82, 2.24) is 0 Å². The lowest BCUT2D eigenvalue weighted by atomic mass is 9.35. The Balaban J connectivity index is 1.26. The molecule has 0 bridgehead atoms. The molecule has 2 aliphatic heterocycles. The number of rotatable bonds is 5. The summed E-state index contributed by atoms with van der Waals surface area (Å²) in [6.45, 7) is 33.9. The molecule has 8 aromatic rings. The van der Waals surface area contributed by atoms with E-state index in [1.54, 1.807) is 0 Å². The summed E-state index contributed by atoms with van der Waals surface area (Å²) in [6.07, 6.45) is 4.67. The van der Waals surface area contributed by atoms with Crippen LogP contribution in [0.2, 0.25) is 0 Å². The maximum absolute atomic E-state index is 2.72. The Morgan fingerprint density at radius 3 is 1.51 bits per heavy atom. The highest BCUT2D eigenvalue weighted by molar-refractivity contribution is 7.33. The summed E-state index contributed by atoms with van der Waals surface area (Å²) in [5, 5.41) is 1.33. The van der Waals surface area contributed by atoms with Crippen LogP contribution in [0.4, 0.5) is 51.2 Å². The minimum atomic E-state index is -0.0188. The molecule has 0 radical (unpaired) electrons. The van der Waals surface area contributed by atoms with Gasteiger partial charge in [-0.2, -0.15) is 0 Å². The molecule has 0 saturated carbocycles. The highest BCUT2D eigenvalue weighted by Crippen LogP contribution is 2.55. The highest BCUT2D eigenvalue weighted by atomic mass is 32.1. The van der Waals surface area contributed by atoms with E-state index in [1.807, 2.05) is 11.3 Å². The van der Waals surface area contributed by atoms with E-state index in [1.165, 1.54) is 99.7 Å². The number of hydrogen-bond donors (Lipinski definition) is 0. The molecule has 370 valence electrons. The van der Waals surface area contributed by atoms with Crippen molar-refractivity contribution < 1.29 is 0 Å². The van der Waals surface area contributed by atoms with Crippen molar-refractivity contribution >= 4 is 95.0 Å². The molecule has 0 unspecified atom stereocenters. The number of thiophene rings is 1. The maximum Gasteiger partial charge on any atom is 0.264 e. The Bertz CT molecular complexity index is 3450. The predicted molar refractivity (Wildman–Crippen MR) is 319 cm³/mol. The molecule has 73 heavy (non-hydrogen) atoms. The van der Waals surface area contributed by atoms with Crippen LogP contribution in [0.25, 0.3) is 10.1 Å². The third kappa shape index (κ3) is 7.64. The minimum Gasteiger partial charge on any atom is -0.311 e. The van der Waals surface area contributed by atoms with E-state index in [-0.39, 0.29) is 39.2 Å². The van der Waals surface area contributed by atoms with Gasteiger partial charge in [-0.25, -0.2) is 0 Å². The van der Waals surface area contributed by atoms with Crippen LogP contribution in [0, 0.1) is 0 Å². The predicted octanol–water partition coefficient (Wildman–Crippen LogP) is 17.7. The number of nitrogens with zero attached hydrogens (tertiary/aromatic N) is 3. The highest BCUT2D eigenvalue weighted by Gasteiger charge is 2.49. The molecule has 3 heterocycles. The normalized spacial score (nSPS) is 17.9. The van der Waals surface area contributed by atoms with Crippen LogP contribution in [0.3, 0.4) is 0 Å². The average Bonchev–Trinajstić information content (AvgIpc) is 3.73. The zero-order chi connectivity index (χ0) is 51.4. The third-order valence-electron chi connectivity index (χ3n) is 17.9. The molecule has 2 aliphatic carbocycles. The summed E-state index contributed by atoms with van der Waals surface area (Å²) in [5.41, 5.74) is 22.5. The van der Waals surface area contributed by atoms with Crippen LogP contribution in [0.15, 0.2) is 146 Å². The molecule has 0 fully saturated rings. The summed E-state index contributed by atoms with van der Waals surface area (Å²) >= 11 is 2.01. The molecule has 0 spiro atoms. The van der Waals surface area contributed by atoms with Gasteiger partial charge in [0.15, 0.2) is 0 Å². The second kappa shape index (κ2) is 16.2. The quantitative estimate of drug-likeness (QED) is 0.159. The number of hydrogen-bond acceptors (Lipinski definition) is 4. The Labute approximate surface area is 441 Å². The first-order valence-electron chi connectivity index (χ1n) is 27.1. The van der Waals surface area contributed by atoms with Crippen LogP contribution in [0.1, 0.15) is 156 Å². The summed E-state index contributed by atoms with van der Waals surface area (Å²) in [7, 11) is 0. The lowest BCUT2D eigenvalue weighted by Crippen LogP contribution is -2.61. The lowest BCUT2D eigenvalue weighted by molar-refractivity contribution is 0.332. The van der Waals surface area contributed by atoms with Crippen molar-refractivity contribution in [2.45, 2.75) is 155 Å². The largest absolute Gasteiger partial charge is 0.311 e. The average molecular weight is 976 g/mol. The number of fused-ring (bicyclic) bond motifs is 8. The van der Waals surface area contributed by atoms with Gasteiger partial charge in [-0.05, 0) is 181 Å². The van der Waals surface area contributed by atoms with E-state index in [2.05, 4.69) is 257 Å². The van der Waals surface area contributed by atoms with E-state index in [0.717, 1.165) is 36.3 Å². The monoisotopic (exact) mass is 976 g/mol. The summed E-state index contributed by atoms with van der Waals surface area (Å²) in [5.74, 6) is 0. The smallest absolute Gasteiger partial charge is 0.264 e. The van der Waals surface area contributed by atoms with Crippen LogP contribution in [-0.4, -0.2) is 6.71 Å². The third-order valence-corrected chi connectivity index (χ3v) is 19.1. The van der Waals surface area contributed by atoms with Gasteiger partial charge in [-0.15, -0.1) is 11.3 Å². The second-order valence-electron chi connectivity index (χ2n) is 26.8. The number of anilines is 9. The van der Waals surface area contributed by atoms with Crippen LogP contribution in [0.5, 0.6) is 0 Å². The van der Waals surface area contributed by atoms with Gasteiger partial charge in [0.25, 0.3) is 6.71 Å². The van der Waals surface area contributed by atoms with Gasteiger partial charge < -0.3 is 14.7 Å². The standard InChI is InChI=1S/C68H74BN3S/c1-63(2,3)43-25-28-47(29-26-43)72-58-40-49(70(45-21-17-15-18-22-45)46-23-19-16-20-24-46)39-57-60(58)69(62-61(72)50-37-44(64(4,5)6)27-32-59(50)73-62)55-41-53-54(68(13,14)36-35-67(53,11)12)42-56(55)71(57)48-30-31-51-52(38-48)66(9,10)34-33-65(51,7)8/h15-32,37-42H,33-36H2,1-14H3. The molecule has 7 aromatic carbocycles. The van der Waals surface area contributed by atoms with Crippen molar-refractivity contribution in [3.8, 4) is 0 Å². The van der Waals surface area contributed by atoms with E-state index >= 15 is 0 Å². The molecular weight excluding hydrogens is 902 g/mol. The Hall–Kier alpha value is -6.04. The van der Waals surface area contributed by atoms with Crippen LogP contribution in [-0.2, 0) is 32.5 Å². The van der Waals surface area contributed by atoms with Gasteiger partial charge in [0, 0.05) is 54.7 Å². The SMILES string of the molecule is CC(C)(C)c1ccc(N2c3cc(N(c4ccccc4)c4ccccc4)cc4c3B(c3cc5c(cc3N4c3ccc4c(c3)C(C)(C)CCC4(C)C)C(C)(C)CCC5(C)C)c3sc4ccc(C(C)(C)C)cc4c32)cc1. The summed E-state index contributed by atoms with van der Waals surface area (Å²) in [4.78, 5) is 7.87. The zero-order valence-electron chi connectivity index (χ0n) is 46.0. The molecule has 1 aromatic heterocycles. The van der Waals surface area contributed by atoms with Gasteiger partial charge in [-0.1, -0.05) is 164 Å². The molecule has 0 atom stereocenters. The first-order chi connectivity index (χ1) is 34.4. The molecule has 0 N–H and O–H groups in total. The first-order valence-corrected chi connectivity index (χ1v) is 27.9. The van der Waals surface area contributed by atoms with Crippen molar-refractivity contribution in [3.05, 3.63) is 179 Å². The fraction of sp³-hybridized carbons (Fsp3) is 0.353. The lowest BCUT2D eigenvalue weighted by Gasteiger charge is -2.48. The van der Waals surface area contributed by atoms with Crippen molar-refractivity contribution in [2.75, 3.05) is 14.7 Å². The van der Waals surface area contributed by atoms with Crippen molar-refractivity contribution in [2.24, 2.45) is 0 Å². The fourth-order valence-corrected chi connectivity index (χ4v) is 14.4. The Kier molecular flexibility index (Phi) is 10.7. The van der Waals surface area contributed by atoms with Crippen molar-refractivity contribution in [1.29, 1.82) is 0 Å². The second-order valence-corrected chi connectivity index (χ2v) is 27.9. The topological polar surface area (TPSA) is 9.72 Å². The van der Waals surface area contributed by atoms with Crippen LogP contribution >= 0.6 is 11.3 Å². The molecule has 12 rings (SSSR count). The Morgan fingerprint density at radius 2 is 0.945 bits per heavy atom. The zero-order valence-corrected chi connectivity index (χ0v) is 46.8. The maximum atomic E-state index is 2.72. The fourth-order valence-electron chi connectivity index (χ4n) is 13.1. The number of para-hydroxylation sites is 2. The van der Waals surface area contributed by atoms with Gasteiger partial charge in [0.1, 0.15) is 0 Å². The van der Waals surface area contributed by atoms with Gasteiger partial charge >= 0.3 is 0 Å². The van der Waals surface area contributed by atoms with E-state index in [9.17, 15) is 0 Å². The first kappa shape index (κ1) is 47.9. The van der Waals surface area contributed by atoms with E-state index in [4.69, 9.17) is 0 Å². The van der Waals surface area contributed by atoms with Gasteiger partial charge in [-0.3, -0.25) is 0 Å². The molecule has 0 saturated heterocycles. The molecule has 4 aliphatic rings. The molecule has 0 amide bonds. The van der Waals surface area contributed by atoms with Crippen LogP contribution < -0.4 is 30.4 Å². The summed E-state index contributed by atoms with van der Waals surface area (Å²) < 4.78 is 2.76. The summed E-state index contributed by atoms with van der Waals surface area (Å²) in [6, 6.07) is 56.9. The van der Waals surface area contributed by atoms with Gasteiger partial charge in [0.2, 0.25) is 0 Å². The Morgan fingerprint density at radius 1 is 0.452 bits per heavy atom. The number of benzene rings is 7. The molecular formula is C68H74BN3S. The molecule has 3 nitrogen and oxygen atoms in total. The van der Waals surface area contributed by atoms with Gasteiger partial charge in [0.05, 0.1) is 11.4 Å². The minimum absolute atomic E-state index is 0.00178. The van der Waals surface area contributed by atoms with E-state index < -0.39 is 0 Å². The van der Waals surface area contributed by atoms with E-state index in [0.29, 0.717) is 0 Å². The van der Waals surface area contributed by atoms with Crippen molar-refractivity contribution in [3.63, 3.8) is 0 Å². The molecule has 5 heteroatoms.